The molecule has 1 aliphatic rings. The summed E-state index contributed by atoms with van der Waals surface area (Å²) >= 11 is 0. The number of aliphatic hydroxyl groups is 1. The Bertz CT molecular complexity index is 135. The zero-order valence-corrected chi connectivity index (χ0v) is 8.62. The van der Waals surface area contributed by atoms with Crippen LogP contribution in [0.5, 0.6) is 0 Å². The molecule has 2 atom stereocenters. The summed E-state index contributed by atoms with van der Waals surface area (Å²) in [7, 11) is 0. The molecule has 0 aliphatic carbocycles. The van der Waals surface area contributed by atoms with Crippen molar-refractivity contribution in [1.82, 2.24) is 5.32 Å². The smallest absolute Gasteiger partial charge is 0.0582 e. The molecule has 13 heavy (non-hydrogen) atoms. The van der Waals surface area contributed by atoms with Gasteiger partial charge in [-0.3, -0.25) is 0 Å². The van der Waals surface area contributed by atoms with E-state index in [1.54, 1.807) is 0 Å². The van der Waals surface area contributed by atoms with E-state index in [4.69, 9.17) is 9.84 Å². The van der Waals surface area contributed by atoms with Gasteiger partial charge in [0.25, 0.3) is 0 Å². The average molecular weight is 187 g/mol. The molecule has 1 fully saturated rings. The van der Waals surface area contributed by atoms with Gasteiger partial charge in [-0.1, -0.05) is 0 Å². The molecule has 2 N–H and O–H groups in total. The van der Waals surface area contributed by atoms with Gasteiger partial charge in [-0.05, 0) is 32.6 Å². The minimum absolute atomic E-state index is 0.206. The molecule has 1 unspecified atom stereocenters. The van der Waals surface area contributed by atoms with Crippen molar-refractivity contribution in [3.63, 3.8) is 0 Å². The quantitative estimate of drug-likeness (QED) is 0.683. The van der Waals surface area contributed by atoms with Gasteiger partial charge in [-0.2, -0.15) is 0 Å². The lowest BCUT2D eigenvalue weighted by molar-refractivity contribution is 0.0534. The normalized spacial score (nSPS) is 24.2. The number of rotatable bonds is 4. The van der Waals surface area contributed by atoms with Crippen LogP contribution < -0.4 is 5.32 Å². The Morgan fingerprint density at radius 2 is 2.00 bits per heavy atom. The fourth-order valence-corrected chi connectivity index (χ4v) is 1.85. The maximum absolute atomic E-state index is 8.89. The third-order valence-corrected chi connectivity index (χ3v) is 2.79. The summed E-state index contributed by atoms with van der Waals surface area (Å²) in [4.78, 5) is 0. The molecule has 1 rings (SSSR count). The summed E-state index contributed by atoms with van der Waals surface area (Å²) in [5, 5.41) is 12.3. The largest absolute Gasteiger partial charge is 0.395 e. The van der Waals surface area contributed by atoms with Gasteiger partial charge in [-0.15, -0.1) is 0 Å². The first-order chi connectivity index (χ1) is 6.24. The minimum atomic E-state index is 0.206. The van der Waals surface area contributed by atoms with Crippen LogP contribution in [0.2, 0.25) is 0 Å². The van der Waals surface area contributed by atoms with Crippen molar-refractivity contribution in [2.24, 2.45) is 5.92 Å². The maximum atomic E-state index is 8.89. The van der Waals surface area contributed by atoms with Crippen molar-refractivity contribution in [1.29, 1.82) is 0 Å². The van der Waals surface area contributed by atoms with E-state index >= 15 is 0 Å². The third kappa shape index (κ3) is 3.63. The summed E-state index contributed by atoms with van der Waals surface area (Å²) < 4.78 is 5.30. The minimum Gasteiger partial charge on any atom is -0.395 e. The molecule has 0 aromatic carbocycles. The summed E-state index contributed by atoms with van der Waals surface area (Å²) in [6.45, 7) is 6.21. The summed E-state index contributed by atoms with van der Waals surface area (Å²) in [6, 6.07) is 0.698. The summed E-state index contributed by atoms with van der Waals surface area (Å²) in [5.74, 6) is 0.711. The highest BCUT2D eigenvalue weighted by molar-refractivity contribution is 4.76. The van der Waals surface area contributed by atoms with Gasteiger partial charge in [0, 0.05) is 25.3 Å². The molecule has 0 aromatic rings. The fraction of sp³-hybridized carbons (Fsp3) is 1.00. The Labute approximate surface area is 80.5 Å². The molecule has 1 saturated heterocycles. The van der Waals surface area contributed by atoms with E-state index in [-0.39, 0.29) is 12.6 Å². The van der Waals surface area contributed by atoms with Crippen molar-refractivity contribution in [3.05, 3.63) is 0 Å². The van der Waals surface area contributed by atoms with Crippen LogP contribution in [0, 0.1) is 5.92 Å². The monoisotopic (exact) mass is 187 g/mol. The molecular weight excluding hydrogens is 166 g/mol. The van der Waals surface area contributed by atoms with Gasteiger partial charge in [0.2, 0.25) is 0 Å². The first-order valence-corrected chi connectivity index (χ1v) is 5.18. The Morgan fingerprint density at radius 3 is 2.54 bits per heavy atom. The lowest BCUT2D eigenvalue weighted by Crippen LogP contribution is -2.42. The number of hydrogen-bond donors (Lipinski definition) is 2. The van der Waals surface area contributed by atoms with E-state index in [9.17, 15) is 0 Å². The van der Waals surface area contributed by atoms with E-state index in [1.165, 1.54) is 0 Å². The average Bonchev–Trinajstić information content (AvgIpc) is 2.19. The predicted molar refractivity (Wildman–Crippen MR) is 52.7 cm³/mol. The third-order valence-electron chi connectivity index (χ3n) is 2.79. The maximum Gasteiger partial charge on any atom is 0.0582 e. The molecular formula is C10H21NO2. The van der Waals surface area contributed by atoms with Gasteiger partial charge in [-0.25, -0.2) is 0 Å². The molecule has 0 aromatic heterocycles. The highest BCUT2D eigenvalue weighted by Crippen LogP contribution is 2.18. The molecule has 0 spiro atoms. The van der Waals surface area contributed by atoms with Gasteiger partial charge < -0.3 is 15.2 Å². The molecule has 0 amide bonds. The molecule has 0 bridgehead atoms. The van der Waals surface area contributed by atoms with E-state index in [0.717, 1.165) is 26.1 Å². The summed E-state index contributed by atoms with van der Waals surface area (Å²) in [6.07, 6.45) is 2.29. The fourth-order valence-electron chi connectivity index (χ4n) is 1.85. The number of ether oxygens (including phenoxy) is 1. The molecule has 78 valence electrons. The van der Waals surface area contributed by atoms with Gasteiger partial charge in [0.05, 0.1) is 6.61 Å². The number of aliphatic hydroxyl groups excluding tert-OH is 1. The first-order valence-electron chi connectivity index (χ1n) is 5.18. The van der Waals surface area contributed by atoms with Crippen molar-refractivity contribution in [3.8, 4) is 0 Å². The van der Waals surface area contributed by atoms with Gasteiger partial charge in [0.15, 0.2) is 0 Å². The van der Waals surface area contributed by atoms with Crippen LogP contribution in [0.3, 0.4) is 0 Å². The second-order valence-electron chi connectivity index (χ2n) is 3.99. The lowest BCUT2D eigenvalue weighted by atomic mass is 9.92. The van der Waals surface area contributed by atoms with Crippen LogP contribution in [0.15, 0.2) is 0 Å². The molecule has 1 heterocycles. The van der Waals surface area contributed by atoms with Crippen molar-refractivity contribution >= 4 is 0 Å². The predicted octanol–water partition coefficient (Wildman–Crippen LogP) is 0.772. The van der Waals surface area contributed by atoms with Crippen molar-refractivity contribution in [2.75, 3.05) is 19.8 Å². The van der Waals surface area contributed by atoms with Crippen LogP contribution in [0.4, 0.5) is 0 Å². The molecule has 3 heteroatoms. The van der Waals surface area contributed by atoms with E-state index in [0.29, 0.717) is 12.0 Å². The molecule has 0 radical (unpaired) electrons. The molecule has 0 saturated carbocycles. The zero-order chi connectivity index (χ0) is 9.68. The van der Waals surface area contributed by atoms with Crippen molar-refractivity contribution < 1.29 is 9.84 Å². The highest BCUT2D eigenvalue weighted by atomic mass is 16.5. The second kappa shape index (κ2) is 5.58. The van der Waals surface area contributed by atoms with E-state index < -0.39 is 0 Å². The zero-order valence-electron chi connectivity index (χ0n) is 8.62. The van der Waals surface area contributed by atoms with Gasteiger partial charge in [0.1, 0.15) is 0 Å². The Morgan fingerprint density at radius 1 is 1.38 bits per heavy atom. The van der Waals surface area contributed by atoms with E-state index in [2.05, 4.69) is 12.2 Å². The van der Waals surface area contributed by atoms with Crippen LogP contribution in [0.1, 0.15) is 26.7 Å². The Balaban J connectivity index is 2.24. The molecule has 1 aliphatic heterocycles. The van der Waals surface area contributed by atoms with Crippen LogP contribution in [0.25, 0.3) is 0 Å². The van der Waals surface area contributed by atoms with Crippen LogP contribution >= 0.6 is 0 Å². The number of hydrogen-bond acceptors (Lipinski definition) is 3. The lowest BCUT2D eigenvalue weighted by Gasteiger charge is -2.30. The standard InChI is InChI=1S/C10H21NO2/c1-8(7-12)11-9(2)10-3-5-13-6-4-10/h8-12H,3-7H2,1-2H3/t8-,9?/m0/s1. The summed E-state index contributed by atoms with van der Waals surface area (Å²) in [5.41, 5.74) is 0. The second-order valence-corrected chi connectivity index (χ2v) is 3.99. The SMILES string of the molecule is CC(N[C@@H](C)CO)C1CCOCC1. The Kier molecular flexibility index (Phi) is 4.70. The topological polar surface area (TPSA) is 41.5 Å². The van der Waals surface area contributed by atoms with Crippen LogP contribution in [-0.2, 0) is 4.74 Å². The Hall–Kier alpha value is -0.120. The molecule has 3 nitrogen and oxygen atoms in total. The van der Waals surface area contributed by atoms with Crippen molar-refractivity contribution in [2.45, 2.75) is 38.8 Å². The number of nitrogens with one attached hydrogen (secondary N) is 1. The van der Waals surface area contributed by atoms with E-state index in [1.807, 2.05) is 6.92 Å². The van der Waals surface area contributed by atoms with Gasteiger partial charge >= 0.3 is 0 Å². The van der Waals surface area contributed by atoms with Crippen LogP contribution in [-0.4, -0.2) is 37.0 Å². The first kappa shape index (κ1) is 11.0. The highest BCUT2D eigenvalue weighted by Gasteiger charge is 2.20.